The van der Waals surface area contributed by atoms with Gasteiger partial charge in [0.1, 0.15) is 17.1 Å². The van der Waals surface area contributed by atoms with E-state index in [4.69, 9.17) is 9.47 Å². The lowest BCUT2D eigenvalue weighted by Crippen LogP contribution is -2.07. The lowest BCUT2D eigenvalue weighted by molar-refractivity contribution is 0.0590. The number of hydrogen-bond acceptors (Lipinski definition) is 6. The third-order valence-electron chi connectivity index (χ3n) is 3.29. The molecule has 0 saturated carbocycles. The highest BCUT2D eigenvalue weighted by molar-refractivity contribution is 6.00. The zero-order valence-corrected chi connectivity index (χ0v) is 13.5. The summed E-state index contributed by atoms with van der Waals surface area (Å²) >= 11 is 0. The summed E-state index contributed by atoms with van der Waals surface area (Å²) in [4.78, 5) is 35.3. The Bertz CT molecular complexity index is 794. The molecule has 0 aliphatic rings. The third kappa shape index (κ3) is 3.60. The summed E-state index contributed by atoms with van der Waals surface area (Å²) in [7, 11) is 2.53. The van der Waals surface area contributed by atoms with Gasteiger partial charge in [0.25, 0.3) is 0 Å². The van der Waals surface area contributed by atoms with Gasteiger partial charge in [-0.3, -0.25) is 4.79 Å². The topological polar surface area (TPSA) is 78.9 Å². The van der Waals surface area contributed by atoms with Gasteiger partial charge in [-0.05, 0) is 37.3 Å². The summed E-state index contributed by atoms with van der Waals surface area (Å²) in [5, 5.41) is 0. The SMILES string of the molecule is COC(=O)c1ccc(Oc2ccccc2C(=O)OC)c(C(C)=O)c1. The Labute approximate surface area is 139 Å². The molecule has 0 heterocycles. The lowest BCUT2D eigenvalue weighted by Gasteiger charge is -2.13. The molecule has 0 atom stereocenters. The molecule has 2 rings (SSSR count). The van der Waals surface area contributed by atoms with Crippen LogP contribution in [0.25, 0.3) is 0 Å². The standard InChI is InChI=1S/C18H16O6/c1-11(19)14-10-12(17(20)22-2)8-9-16(14)24-15-7-5-4-6-13(15)18(21)23-3/h4-10H,1-3H3. The molecule has 0 fully saturated rings. The van der Waals surface area contributed by atoms with Gasteiger partial charge in [0.15, 0.2) is 5.78 Å². The second kappa shape index (κ2) is 7.41. The molecular weight excluding hydrogens is 312 g/mol. The van der Waals surface area contributed by atoms with E-state index in [9.17, 15) is 14.4 Å². The minimum absolute atomic E-state index is 0.206. The maximum absolute atomic E-state index is 11.9. The molecule has 0 radical (unpaired) electrons. The summed E-state index contributed by atoms with van der Waals surface area (Å²) in [5.41, 5.74) is 0.667. The maximum atomic E-state index is 11.9. The highest BCUT2D eigenvalue weighted by atomic mass is 16.5. The van der Waals surface area contributed by atoms with Crippen LogP contribution in [0, 0.1) is 0 Å². The van der Waals surface area contributed by atoms with Crippen molar-refractivity contribution in [3.05, 3.63) is 59.2 Å². The quantitative estimate of drug-likeness (QED) is 0.619. The molecule has 0 aliphatic carbocycles. The molecule has 0 unspecified atom stereocenters. The molecule has 124 valence electrons. The zero-order chi connectivity index (χ0) is 17.7. The fourth-order valence-corrected chi connectivity index (χ4v) is 2.09. The third-order valence-corrected chi connectivity index (χ3v) is 3.29. The van der Waals surface area contributed by atoms with Gasteiger partial charge < -0.3 is 14.2 Å². The predicted octanol–water partition coefficient (Wildman–Crippen LogP) is 3.25. The van der Waals surface area contributed by atoms with Crippen LogP contribution in [0.15, 0.2) is 42.5 Å². The van der Waals surface area contributed by atoms with Gasteiger partial charge in [-0.2, -0.15) is 0 Å². The first kappa shape index (κ1) is 17.2. The fraction of sp³-hybridized carbons (Fsp3) is 0.167. The number of carbonyl (C=O) groups is 3. The molecule has 0 bridgehead atoms. The van der Waals surface area contributed by atoms with Gasteiger partial charge in [0.2, 0.25) is 0 Å². The van der Waals surface area contributed by atoms with E-state index in [0.717, 1.165) is 0 Å². The molecule has 6 heteroatoms. The monoisotopic (exact) mass is 328 g/mol. The first-order valence-corrected chi connectivity index (χ1v) is 7.06. The highest BCUT2D eigenvalue weighted by Crippen LogP contribution is 2.29. The molecule has 0 saturated heterocycles. The van der Waals surface area contributed by atoms with Crippen molar-refractivity contribution in [1.29, 1.82) is 0 Å². The molecule has 0 amide bonds. The van der Waals surface area contributed by atoms with Gasteiger partial charge in [-0.1, -0.05) is 12.1 Å². The van der Waals surface area contributed by atoms with Crippen molar-refractivity contribution in [3.63, 3.8) is 0 Å². The number of methoxy groups -OCH3 is 2. The van der Waals surface area contributed by atoms with Crippen LogP contribution in [0.2, 0.25) is 0 Å². The summed E-state index contributed by atoms with van der Waals surface area (Å²) in [5.74, 6) is -0.921. The van der Waals surface area contributed by atoms with E-state index >= 15 is 0 Å². The second-order valence-corrected chi connectivity index (χ2v) is 4.85. The zero-order valence-electron chi connectivity index (χ0n) is 13.5. The molecule has 0 aromatic heterocycles. The maximum Gasteiger partial charge on any atom is 0.341 e. The number of ether oxygens (including phenoxy) is 3. The van der Waals surface area contributed by atoms with E-state index in [1.807, 2.05) is 0 Å². The second-order valence-electron chi connectivity index (χ2n) is 4.85. The van der Waals surface area contributed by atoms with Crippen LogP contribution in [0.5, 0.6) is 11.5 Å². The van der Waals surface area contributed by atoms with Crippen LogP contribution in [-0.2, 0) is 9.47 Å². The number of rotatable bonds is 5. The molecule has 2 aromatic rings. The van der Waals surface area contributed by atoms with Gasteiger partial charge in [-0.15, -0.1) is 0 Å². The van der Waals surface area contributed by atoms with Crippen molar-refractivity contribution in [2.75, 3.05) is 14.2 Å². The van der Waals surface area contributed by atoms with Crippen molar-refractivity contribution in [1.82, 2.24) is 0 Å². The van der Waals surface area contributed by atoms with Gasteiger partial charge in [-0.25, -0.2) is 9.59 Å². The number of para-hydroxylation sites is 1. The molecule has 0 aliphatic heterocycles. The minimum Gasteiger partial charge on any atom is -0.465 e. The molecule has 0 spiro atoms. The first-order chi connectivity index (χ1) is 11.5. The summed E-state index contributed by atoms with van der Waals surface area (Å²) < 4.78 is 15.1. The smallest absolute Gasteiger partial charge is 0.341 e. The van der Waals surface area contributed by atoms with Gasteiger partial charge in [0.05, 0.1) is 25.3 Å². The molecule has 2 aromatic carbocycles. The van der Waals surface area contributed by atoms with Crippen molar-refractivity contribution in [3.8, 4) is 11.5 Å². The summed E-state index contributed by atoms with van der Waals surface area (Å²) in [6, 6.07) is 10.9. The largest absolute Gasteiger partial charge is 0.465 e. The van der Waals surface area contributed by atoms with Crippen molar-refractivity contribution >= 4 is 17.7 Å². The van der Waals surface area contributed by atoms with Crippen LogP contribution in [0.4, 0.5) is 0 Å². The van der Waals surface area contributed by atoms with Crippen LogP contribution in [0.3, 0.4) is 0 Å². The number of esters is 2. The number of carbonyl (C=O) groups excluding carboxylic acids is 3. The van der Waals surface area contributed by atoms with Crippen LogP contribution >= 0.6 is 0 Å². The lowest BCUT2D eigenvalue weighted by atomic mass is 10.1. The number of Topliss-reactive ketones (excluding diaryl/α,β-unsaturated/α-hetero) is 1. The number of benzene rings is 2. The summed E-state index contributed by atoms with van der Waals surface area (Å²) in [6.45, 7) is 1.36. The Balaban J connectivity index is 2.45. The van der Waals surface area contributed by atoms with Crippen molar-refractivity contribution < 1.29 is 28.6 Å². The Hall–Kier alpha value is -3.15. The van der Waals surface area contributed by atoms with E-state index in [-0.39, 0.29) is 34.0 Å². The average Bonchev–Trinajstić information content (AvgIpc) is 2.61. The van der Waals surface area contributed by atoms with E-state index < -0.39 is 11.9 Å². The first-order valence-electron chi connectivity index (χ1n) is 7.06. The highest BCUT2D eigenvalue weighted by Gasteiger charge is 2.17. The van der Waals surface area contributed by atoms with Crippen LogP contribution in [0.1, 0.15) is 38.0 Å². The number of ketones is 1. The Morgan fingerprint density at radius 3 is 2.04 bits per heavy atom. The number of hydrogen-bond donors (Lipinski definition) is 0. The Morgan fingerprint density at radius 1 is 0.792 bits per heavy atom. The van der Waals surface area contributed by atoms with Crippen molar-refractivity contribution in [2.24, 2.45) is 0 Å². The molecular formula is C18H16O6. The normalized spacial score (nSPS) is 9.96. The Morgan fingerprint density at radius 2 is 1.42 bits per heavy atom. The van der Waals surface area contributed by atoms with E-state index in [1.165, 1.54) is 39.3 Å². The molecule has 24 heavy (non-hydrogen) atoms. The fourth-order valence-electron chi connectivity index (χ4n) is 2.09. The van der Waals surface area contributed by atoms with E-state index in [1.54, 1.807) is 24.3 Å². The van der Waals surface area contributed by atoms with Crippen LogP contribution < -0.4 is 4.74 Å². The molecule has 6 nitrogen and oxygen atoms in total. The van der Waals surface area contributed by atoms with Gasteiger partial charge in [0, 0.05) is 0 Å². The minimum atomic E-state index is -0.556. The van der Waals surface area contributed by atoms with E-state index in [0.29, 0.717) is 0 Å². The Kier molecular flexibility index (Phi) is 5.31. The molecule has 0 N–H and O–H groups in total. The van der Waals surface area contributed by atoms with Crippen LogP contribution in [-0.4, -0.2) is 31.9 Å². The average molecular weight is 328 g/mol. The predicted molar refractivity (Wildman–Crippen MR) is 85.6 cm³/mol. The van der Waals surface area contributed by atoms with E-state index in [2.05, 4.69) is 4.74 Å². The van der Waals surface area contributed by atoms with Gasteiger partial charge >= 0.3 is 11.9 Å². The summed E-state index contributed by atoms with van der Waals surface area (Å²) in [6.07, 6.45) is 0. The van der Waals surface area contributed by atoms with Crippen molar-refractivity contribution in [2.45, 2.75) is 6.92 Å².